The summed E-state index contributed by atoms with van der Waals surface area (Å²) in [5, 5.41) is 15.0. The lowest BCUT2D eigenvalue weighted by molar-refractivity contribution is -0.122. The largest absolute Gasteiger partial charge is 0.348 e. The second-order valence-corrected chi connectivity index (χ2v) is 7.26. The van der Waals surface area contributed by atoms with Gasteiger partial charge in [-0.05, 0) is 69.0 Å². The van der Waals surface area contributed by atoms with Gasteiger partial charge in [-0.3, -0.25) is 9.69 Å². The van der Waals surface area contributed by atoms with E-state index in [1.807, 2.05) is 0 Å². The smallest absolute Gasteiger partial charge is 0.242 e. The summed E-state index contributed by atoms with van der Waals surface area (Å²) in [4.78, 5) is 14.8. The van der Waals surface area contributed by atoms with Gasteiger partial charge in [0.15, 0.2) is 5.82 Å². The number of nitrogens with one attached hydrogen (secondary N) is 1. The monoisotopic (exact) mass is 346 g/mol. The number of hydrogen-bond acceptors (Lipinski definition) is 5. The zero-order valence-corrected chi connectivity index (χ0v) is 15.3. The summed E-state index contributed by atoms with van der Waals surface area (Å²) in [5.41, 5.74) is 1.35. The van der Waals surface area contributed by atoms with Crippen LogP contribution in [0, 0.1) is 0 Å². The van der Waals surface area contributed by atoms with Gasteiger partial charge in [0.25, 0.3) is 0 Å². The maximum absolute atomic E-state index is 12.4. The number of hydrogen-bond donors (Lipinski definition) is 1. The molecule has 1 amide bonds. The minimum absolute atomic E-state index is 0.0246. The second-order valence-electron chi connectivity index (χ2n) is 7.26. The fraction of sp³-hybridized carbons (Fsp3) is 0.778. The molecular weight excluding hydrogens is 316 g/mol. The number of carbonyl (C=O) groups is 1. The molecule has 7 nitrogen and oxygen atoms in total. The molecule has 2 aliphatic rings. The van der Waals surface area contributed by atoms with Gasteiger partial charge < -0.3 is 5.32 Å². The molecule has 0 aromatic carbocycles. The highest BCUT2D eigenvalue weighted by molar-refractivity contribution is 5.76. The van der Waals surface area contributed by atoms with Crippen LogP contribution in [0.25, 0.3) is 0 Å². The fourth-order valence-electron chi connectivity index (χ4n) is 3.73. The zero-order valence-electron chi connectivity index (χ0n) is 15.3. The van der Waals surface area contributed by atoms with E-state index >= 15 is 0 Å². The van der Waals surface area contributed by atoms with E-state index in [4.69, 9.17) is 0 Å². The van der Waals surface area contributed by atoms with Crippen molar-refractivity contribution in [3.8, 4) is 0 Å². The van der Waals surface area contributed by atoms with Crippen LogP contribution in [-0.4, -0.2) is 50.1 Å². The number of likely N-dealkylation sites (tertiary alicyclic amines) is 1. The summed E-state index contributed by atoms with van der Waals surface area (Å²) in [7, 11) is 0. The van der Waals surface area contributed by atoms with Crippen molar-refractivity contribution in [3.05, 3.63) is 17.5 Å². The van der Waals surface area contributed by atoms with E-state index < -0.39 is 0 Å². The highest BCUT2D eigenvalue weighted by Crippen LogP contribution is 2.20. The molecule has 0 bridgehead atoms. The Morgan fingerprint density at radius 2 is 2.00 bits per heavy atom. The zero-order chi connectivity index (χ0) is 17.5. The van der Waals surface area contributed by atoms with Crippen molar-refractivity contribution < 1.29 is 4.79 Å². The third-order valence-corrected chi connectivity index (χ3v) is 5.22. The predicted octanol–water partition coefficient (Wildman–Crippen LogP) is 2.05. The van der Waals surface area contributed by atoms with Gasteiger partial charge in [0.05, 0.1) is 6.54 Å². The van der Waals surface area contributed by atoms with E-state index in [1.54, 1.807) is 4.68 Å². The van der Waals surface area contributed by atoms with Gasteiger partial charge in [-0.15, -0.1) is 5.10 Å². The van der Waals surface area contributed by atoms with E-state index in [0.29, 0.717) is 0 Å². The number of amides is 1. The molecule has 1 fully saturated rings. The Morgan fingerprint density at radius 1 is 1.20 bits per heavy atom. The minimum Gasteiger partial charge on any atom is -0.348 e. The Labute approximate surface area is 149 Å². The maximum Gasteiger partial charge on any atom is 0.242 e. The lowest BCUT2D eigenvalue weighted by atomic mass is 9.95. The predicted molar refractivity (Wildman–Crippen MR) is 95.7 cm³/mol. The quantitative estimate of drug-likeness (QED) is 0.798. The number of rotatable bonds is 6. The van der Waals surface area contributed by atoms with Crippen LogP contribution in [0.4, 0.5) is 0 Å². The molecule has 1 aliphatic heterocycles. The van der Waals surface area contributed by atoms with E-state index in [2.05, 4.69) is 38.7 Å². The SMILES string of the molecule is CC(NC(=O)Cn1nnnc1CN1CCCCCC1)C1=CCCCC1. The molecule has 1 unspecified atom stereocenters. The fourth-order valence-corrected chi connectivity index (χ4v) is 3.73. The number of tetrazole rings is 1. The van der Waals surface area contributed by atoms with Gasteiger partial charge in [0.2, 0.25) is 5.91 Å². The van der Waals surface area contributed by atoms with Crippen LogP contribution >= 0.6 is 0 Å². The molecule has 2 heterocycles. The van der Waals surface area contributed by atoms with Crippen molar-refractivity contribution in [2.75, 3.05) is 13.1 Å². The molecule has 1 aromatic rings. The van der Waals surface area contributed by atoms with Crippen molar-refractivity contribution in [3.63, 3.8) is 0 Å². The first-order chi connectivity index (χ1) is 12.2. The van der Waals surface area contributed by atoms with Gasteiger partial charge >= 0.3 is 0 Å². The van der Waals surface area contributed by atoms with Crippen molar-refractivity contribution in [2.45, 2.75) is 77.4 Å². The van der Waals surface area contributed by atoms with Crippen LogP contribution in [0.5, 0.6) is 0 Å². The average Bonchev–Trinajstić information content (AvgIpc) is 2.88. The van der Waals surface area contributed by atoms with Crippen LogP contribution < -0.4 is 5.32 Å². The van der Waals surface area contributed by atoms with E-state index in [0.717, 1.165) is 38.3 Å². The standard InChI is InChI=1S/C18H30N6O/c1-15(16-9-5-4-6-10-16)19-18(25)14-24-17(20-21-22-24)13-23-11-7-2-3-8-12-23/h9,15H,2-8,10-14H2,1H3,(H,19,25). The van der Waals surface area contributed by atoms with Gasteiger partial charge in [-0.2, -0.15) is 0 Å². The van der Waals surface area contributed by atoms with E-state index in [9.17, 15) is 4.79 Å². The lowest BCUT2D eigenvalue weighted by Gasteiger charge is -2.21. The summed E-state index contributed by atoms with van der Waals surface area (Å²) >= 11 is 0. The molecule has 1 saturated heterocycles. The molecule has 7 heteroatoms. The average molecular weight is 346 g/mol. The van der Waals surface area contributed by atoms with Crippen molar-refractivity contribution in [1.82, 2.24) is 30.4 Å². The number of carbonyl (C=O) groups excluding carboxylic acids is 1. The first-order valence-corrected chi connectivity index (χ1v) is 9.68. The van der Waals surface area contributed by atoms with Gasteiger partial charge in [-0.1, -0.05) is 24.5 Å². The maximum atomic E-state index is 12.4. The first kappa shape index (κ1) is 18.0. The van der Waals surface area contributed by atoms with E-state index in [-0.39, 0.29) is 18.5 Å². The molecule has 1 aliphatic carbocycles. The van der Waals surface area contributed by atoms with Crippen LogP contribution in [0.3, 0.4) is 0 Å². The summed E-state index contributed by atoms with van der Waals surface area (Å²) in [5.74, 6) is 0.755. The highest BCUT2D eigenvalue weighted by Gasteiger charge is 2.18. The Balaban J connectivity index is 1.53. The van der Waals surface area contributed by atoms with Gasteiger partial charge in [0.1, 0.15) is 6.54 Å². The van der Waals surface area contributed by atoms with Crippen molar-refractivity contribution >= 4 is 5.91 Å². The third-order valence-electron chi connectivity index (χ3n) is 5.22. The lowest BCUT2D eigenvalue weighted by Crippen LogP contribution is -2.37. The molecule has 3 rings (SSSR count). The summed E-state index contributed by atoms with van der Waals surface area (Å²) in [6.45, 7) is 5.15. The van der Waals surface area contributed by atoms with Gasteiger partial charge in [0, 0.05) is 6.04 Å². The van der Waals surface area contributed by atoms with E-state index in [1.165, 1.54) is 44.1 Å². The Hall–Kier alpha value is -1.76. The normalized spacial score (nSPS) is 20.6. The second kappa shape index (κ2) is 9.08. The molecule has 0 radical (unpaired) electrons. The number of aromatic nitrogens is 4. The molecule has 1 atom stereocenters. The van der Waals surface area contributed by atoms with Crippen LogP contribution in [0.1, 0.15) is 64.1 Å². The molecule has 0 saturated carbocycles. The van der Waals surface area contributed by atoms with Crippen LogP contribution in [0.2, 0.25) is 0 Å². The van der Waals surface area contributed by atoms with Crippen molar-refractivity contribution in [1.29, 1.82) is 0 Å². The van der Waals surface area contributed by atoms with Crippen molar-refractivity contribution in [2.24, 2.45) is 0 Å². The molecule has 1 N–H and O–H groups in total. The van der Waals surface area contributed by atoms with Crippen LogP contribution in [0.15, 0.2) is 11.6 Å². The Morgan fingerprint density at radius 3 is 2.72 bits per heavy atom. The third kappa shape index (κ3) is 5.36. The minimum atomic E-state index is -0.0246. The number of nitrogens with zero attached hydrogens (tertiary/aromatic N) is 5. The Kier molecular flexibility index (Phi) is 6.55. The molecule has 25 heavy (non-hydrogen) atoms. The molecular formula is C18H30N6O. The Bertz CT molecular complexity index is 588. The first-order valence-electron chi connectivity index (χ1n) is 9.68. The van der Waals surface area contributed by atoms with Gasteiger partial charge in [-0.25, -0.2) is 4.68 Å². The van der Waals surface area contributed by atoms with Crippen LogP contribution in [-0.2, 0) is 17.9 Å². The summed E-state index contributed by atoms with van der Waals surface area (Å²) in [6.07, 6.45) is 12.0. The topological polar surface area (TPSA) is 75.9 Å². The summed E-state index contributed by atoms with van der Waals surface area (Å²) < 4.78 is 1.64. The molecule has 138 valence electrons. The molecule has 1 aromatic heterocycles. The summed E-state index contributed by atoms with van der Waals surface area (Å²) in [6, 6.07) is 0.0957. The number of allylic oxidation sites excluding steroid dienone is 1. The highest BCUT2D eigenvalue weighted by atomic mass is 16.2. The molecule has 0 spiro atoms.